The van der Waals surface area contributed by atoms with E-state index in [0.29, 0.717) is 27.7 Å². The van der Waals surface area contributed by atoms with Gasteiger partial charge in [0.2, 0.25) is 5.91 Å². The number of carbonyl (C=O) groups is 1. The van der Waals surface area contributed by atoms with E-state index in [0.717, 1.165) is 16.5 Å². The van der Waals surface area contributed by atoms with Crippen LogP contribution >= 0.6 is 11.6 Å². The first-order valence-electron chi connectivity index (χ1n) is 7.47. The summed E-state index contributed by atoms with van der Waals surface area (Å²) >= 11 is 5.98. The summed E-state index contributed by atoms with van der Waals surface area (Å²) < 4.78 is 10.6. The molecule has 0 saturated carbocycles. The van der Waals surface area contributed by atoms with Crippen LogP contribution in [-0.4, -0.2) is 18.2 Å². The first-order valence-corrected chi connectivity index (χ1v) is 7.84. The molecule has 2 aromatic carbocycles. The highest BCUT2D eigenvalue weighted by molar-refractivity contribution is 6.31. The van der Waals surface area contributed by atoms with E-state index in [4.69, 9.17) is 20.9 Å². The highest BCUT2D eigenvalue weighted by Gasteiger charge is 2.15. The zero-order chi connectivity index (χ0) is 17.3. The molecule has 3 rings (SSSR count). The van der Waals surface area contributed by atoms with Crippen molar-refractivity contribution in [3.05, 3.63) is 52.2 Å². The molecule has 5 nitrogen and oxygen atoms in total. The third kappa shape index (κ3) is 3.21. The number of aryl methyl sites for hydroxylation is 2. The summed E-state index contributed by atoms with van der Waals surface area (Å²) in [7, 11) is 1.54. The summed E-state index contributed by atoms with van der Waals surface area (Å²) in [6, 6.07) is 8.97. The Labute approximate surface area is 144 Å². The van der Waals surface area contributed by atoms with E-state index in [1.54, 1.807) is 18.2 Å². The molecule has 0 saturated heterocycles. The van der Waals surface area contributed by atoms with Gasteiger partial charge in [-0.3, -0.25) is 4.79 Å². The van der Waals surface area contributed by atoms with Crippen molar-refractivity contribution in [3.63, 3.8) is 0 Å². The van der Waals surface area contributed by atoms with Crippen molar-refractivity contribution in [2.45, 2.75) is 20.3 Å². The summed E-state index contributed by atoms with van der Waals surface area (Å²) in [6.07, 6.45) is 0.102. The molecule has 0 aliphatic carbocycles. The third-order valence-electron chi connectivity index (χ3n) is 3.92. The molecular weight excluding hydrogens is 328 g/mol. The number of benzene rings is 2. The Morgan fingerprint density at radius 3 is 2.75 bits per heavy atom. The van der Waals surface area contributed by atoms with Gasteiger partial charge < -0.3 is 14.6 Å². The number of aromatic nitrogens is 1. The standard InChI is InChI=1S/C18H17ClN2O3/c1-10-6-13-14(21-24-17(13)7-11(10)2)9-18(22)20-15-8-12(19)4-5-16(15)23-3/h4-8H,9H2,1-3H3,(H,20,22). The van der Waals surface area contributed by atoms with Crippen LogP contribution < -0.4 is 10.1 Å². The zero-order valence-electron chi connectivity index (χ0n) is 13.6. The van der Waals surface area contributed by atoms with Gasteiger partial charge in [-0.25, -0.2) is 0 Å². The largest absolute Gasteiger partial charge is 0.495 e. The maximum absolute atomic E-state index is 12.4. The van der Waals surface area contributed by atoms with Gasteiger partial charge >= 0.3 is 0 Å². The van der Waals surface area contributed by atoms with Crippen molar-refractivity contribution in [3.8, 4) is 5.75 Å². The van der Waals surface area contributed by atoms with Crippen LogP contribution in [0.25, 0.3) is 11.0 Å². The molecule has 0 aliphatic heterocycles. The predicted octanol–water partition coefficient (Wildman–Crippen LogP) is 4.29. The van der Waals surface area contributed by atoms with Crippen LogP contribution in [0.4, 0.5) is 5.69 Å². The molecule has 1 heterocycles. The second-order valence-corrected chi connectivity index (χ2v) is 6.07. The average Bonchev–Trinajstić information content (AvgIpc) is 2.90. The summed E-state index contributed by atoms with van der Waals surface area (Å²) in [4.78, 5) is 12.4. The highest BCUT2D eigenvalue weighted by Crippen LogP contribution is 2.28. The number of carbonyl (C=O) groups excluding carboxylic acids is 1. The second-order valence-electron chi connectivity index (χ2n) is 5.63. The molecule has 1 amide bonds. The SMILES string of the molecule is COc1ccc(Cl)cc1NC(=O)Cc1noc2cc(C)c(C)cc12. The smallest absolute Gasteiger partial charge is 0.230 e. The summed E-state index contributed by atoms with van der Waals surface area (Å²) in [5.41, 5.74) is 4.06. The molecule has 0 atom stereocenters. The number of ether oxygens (including phenoxy) is 1. The van der Waals surface area contributed by atoms with Crippen molar-refractivity contribution in [2.24, 2.45) is 0 Å². The highest BCUT2D eigenvalue weighted by atomic mass is 35.5. The number of hydrogen-bond acceptors (Lipinski definition) is 4. The van der Waals surface area contributed by atoms with Crippen LogP contribution in [0.1, 0.15) is 16.8 Å². The van der Waals surface area contributed by atoms with Gasteiger partial charge in [-0.15, -0.1) is 0 Å². The van der Waals surface area contributed by atoms with Crippen molar-refractivity contribution in [2.75, 3.05) is 12.4 Å². The third-order valence-corrected chi connectivity index (χ3v) is 4.16. The zero-order valence-corrected chi connectivity index (χ0v) is 14.4. The molecule has 0 unspecified atom stereocenters. The summed E-state index contributed by atoms with van der Waals surface area (Å²) in [6.45, 7) is 4.03. The van der Waals surface area contributed by atoms with Crippen LogP contribution in [0.15, 0.2) is 34.9 Å². The number of methoxy groups -OCH3 is 1. The molecule has 1 aromatic heterocycles. The number of anilines is 1. The van der Waals surface area contributed by atoms with E-state index in [-0.39, 0.29) is 12.3 Å². The van der Waals surface area contributed by atoms with Gasteiger partial charge in [0, 0.05) is 10.4 Å². The Bertz CT molecular complexity index is 918. The van der Waals surface area contributed by atoms with Crippen molar-refractivity contribution in [1.82, 2.24) is 5.16 Å². The number of fused-ring (bicyclic) bond motifs is 1. The topological polar surface area (TPSA) is 64.4 Å². The number of hydrogen-bond donors (Lipinski definition) is 1. The van der Waals surface area contributed by atoms with Gasteiger partial charge in [0.25, 0.3) is 0 Å². The fraction of sp³-hybridized carbons (Fsp3) is 0.222. The maximum Gasteiger partial charge on any atom is 0.230 e. The number of rotatable bonds is 4. The minimum Gasteiger partial charge on any atom is -0.495 e. The van der Waals surface area contributed by atoms with Crippen molar-refractivity contribution >= 4 is 34.2 Å². The van der Waals surface area contributed by atoms with Gasteiger partial charge in [-0.2, -0.15) is 0 Å². The molecule has 0 aliphatic rings. The molecule has 0 fully saturated rings. The van der Waals surface area contributed by atoms with E-state index in [1.165, 1.54) is 7.11 Å². The lowest BCUT2D eigenvalue weighted by Gasteiger charge is -2.10. The van der Waals surface area contributed by atoms with E-state index in [9.17, 15) is 4.79 Å². The van der Waals surface area contributed by atoms with Crippen LogP contribution in [0.2, 0.25) is 5.02 Å². The number of nitrogens with one attached hydrogen (secondary N) is 1. The molecule has 6 heteroatoms. The second kappa shape index (κ2) is 6.53. The lowest BCUT2D eigenvalue weighted by atomic mass is 10.1. The number of nitrogens with zero attached hydrogens (tertiary/aromatic N) is 1. The molecule has 0 bridgehead atoms. The monoisotopic (exact) mass is 344 g/mol. The Morgan fingerprint density at radius 2 is 2.00 bits per heavy atom. The van der Waals surface area contributed by atoms with Gasteiger partial charge in [0.05, 0.1) is 19.2 Å². The fourth-order valence-corrected chi connectivity index (χ4v) is 2.67. The van der Waals surface area contributed by atoms with E-state index in [1.807, 2.05) is 26.0 Å². The van der Waals surface area contributed by atoms with E-state index < -0.39 is 0 Å². The van der Waals surface area contributed by atoms with Gasteiger partial charge in [0.1, 0.15) is 11.4 Å². The molecular formula is C18H17ClN2O3. The molecule has 0 spiro atoms. The Hall–Kier alpha value is -2.53. The minimum absolute atomic E-state index is 0.102. The lowest BCUT2D eigenvalue weighted by Crippen LogP contribution is -2.15. The van der Waals surface area contributed by atoms with E-state index in [2.05, 4.69) is 10.5 Å². The Kier molecular flexibility index (Phi) is 4.44. The van der Waals surface area contributed by atoms with Crippen LogP contribution in [0.5, 0.6) is 5.75 Å². The Morgan fingerprint density at radius 1 is 1.25 bits per heavy atom. The minimum atomic E-state index is -0.219. The van der Waals surface area contributed by atoms with Crippen molar-refractivity contribution in [1.29, 1.82) is 0 Å². The maximum atomic E-state index is 12.4. The van der Waals surface area contributed by atoms with Gasteiger partial charge in [-0.05, 0) is 55.3 Å². The van der Waals surface area contributed by atoms with Crippen LogP contribution in [0.3, 0.4) is 0 Å². The quantitative estimate of drug-likeness (QED) is 0.766. The summed E-state index contributed by atoms with van der Waals surface area (Å²) in [5.74, 6) is 0.327. The average molecular weight is 345 g/mol. The first-order chi connectivity index (χ1) is 11.5. The normalized spacial score (nSPS) is 10.8. The number of halogens is 1. The Balaban J connectivity index is 1.83. The molecule has 124 valence electrons. The molecule has 3 aromatic rings. The fourth-order valence-electron chi connectivity index (χ4n) is 2.50. The van der Waals surface area contributed by atoms with E-state index >= 15 is 0 Å². The summed E-state index contributed by atoms with van der Waals surface area (Å²) in [5, 5.41) is 8.20. The molecule has 24 heavy (non-hydrogen) atoms. The first kappa shape index (κ1) is 16.3. The van der Waals surface area contributed by atoms with Crippen LogP contribution in [0, 0.1) is 13.8 Å². The number of amides is 1. The van der Waals surface area contributed by atoms with Gasteiger partial charge in [0.15, 0.2) is 5.58 Å². The molecule has 1 N–H and O–H groups in total. The molecule has 0 radical (unpaired) electrons. The van der Waals surface area contributed by atoms with Crippen molar-refractivity contribution < 1.29 is 14.1 Å². The lowest BCUT2D eigenvalue weighted by molar-refractivity contribution is -0.115. The predicted molar refractivity (Wildman–Crippen MR) is 93.8 cm³/mol. The van der Waals surface area contributed by atoms with Gasteiger partial charge in [-0.1, -0.05) is 16.8 Å². The van der Waals surface area contributed by atoms with Crippen LogP contribution in [-0.2, 0) is 11.2 Å².